The lowest BCUT2D eigenvalue weighted by atomic mass is 10.0. The fourth-order valence-corrected chi connectivity index (χ4v) is 2.00. The Labute approximate surface area is 100 Å². The molecule has 4 heteroatoms. The van der Waals surface area contributed by atoms with Gasteiger partial charge in [-0.25, -0.2) is 9.79 Å². The number of unbranched alkanes of at least 4 members (excludes halogenated alkanes) is 1. The minimum absolute atomic E-state index is 0.289. The van der Waals surface area contributed by atoms with Gasteiger partial charge in [0.05, 0.1) is 12.2 Å². The molecule has 1 aromatic heterocycles. The molecule has 0 aliphatic carbocycles. The van der Waals surface area contributed by atoms with Crippen LogP contribution in [-0.4, -0.2) is 12.5 Å². The van der Waals surface area contributed by atoms with E-state index in [1.807, 2.05) is 6.92 Å². The third-order valence-corrected chi connectivity index (χ3v) is 2.78. The number of aryl methyl sites for hydroxylation is 1. The van der Waals surface area contributed by atoms with Gasteiger partial charge in [0.2, 0.25) is 5.90 Å². The van der Waals surface area contributed by atoms with Crippen molar-refractivity contribution in [1.82, 2.24) is 0 Å². The van der Waals surface area contributed by atoms with E-state index in [1.165, 1.54) is 0 Å². The van der Waals surface area contributed by atoms with Crippen LogP contribution in [0.2, 0.25) is 0 Å². The molecule has 0 atom stereocenters. The van der Waals surface area contributed by atoms with Gasteiger partial charge in [-0.1, -0.05) is 13.3 Å². The van der Waals surface area contributed by atoms with Crippen molar-refractivity contribution in [3.8, 4) is 0 Å². The van der Waals surface area contributed by atoms with Crippen molar-refractivity contribution in [2.45, 2.75) is 39.7 Å². The molecule has 0 fully saturated rings. The zero-order chi connectivity index (χ0) is 12.3. The smallest absolute Gasteiger partial charge is 0.336 e. The first-order valence-electron chi connectivity index (χ1n) is 6.09. The summed E-state index contributed by atoms with van der Waals surface area (Å²) >= 11 is 0. The molecule has 0 saturated heterocycles. The fraction of sp³-hybridized carbons (Fsp3) is 0.538. The molecule has 0 N–H and O–H groups in total. The summed E-state index contributed by atoms with van der Waals surface area (Å²) in [6, 6.07) is 1.56. The molecule has 1 aromatic rings. The summed E-state index contributed by atoms with van der Waals surface area (Å²) in [7, 11) is 0. The summed E-state index contributed by atoms with van der Waals surface area (Å²) in [5, 5.41) is 0. The second-order valence-corrected chi connectivity index (χ2v) is 4.05. The number of ether oxygens (including phenoxy) is 1. The van der Waals surface area contributed by atoms with Crippen LogP contribution in [0, 0.1) is 0 Å². The third kappa shape index (κ3) is 2.40. The fourth-order valence-electron chi connectivity index (χ4n) is 2.00. The highest BCUT2D eigenvalue weighted by Crippen LogP contribution is 2.23. The highest BCUT2D eigenvalue weighted by Gasteiger charge is 2.23. The van der Waals surface area contributed by atoms with Crippen LogP contribution in [0.1, 0.15) is 43.6 Å². The van der Waals surface area contributed by atoms with E-state index in [1.54, 1.807) is 6.07 Å². The van der Waals surface area contributed by atoms with E-state index >= 15 is 0 Å². The first-order valence-corrected chi connectivity index (χ1v) is 6.09. The maximum absolute atomic E-state index is 11.4. The van der Waals surface area contributed by atoms with E-state index in [2.05, 4.69) is 11.9 Å². The Morgan fingerprint density at radius 1 is 1.47 bits per heavy atom. The van der Waals surface area contributed by atoms with Crippen LogP contribution in [0.4, 0.5) is 0 Å². The molecule has 0 spiro atoms. The second-order valence-electron chi connectivity index (χ2n) is 4.05. The topological polar surface area (TPSA) is 51.8 Å². The molecule has 2 rings (SSSR count). The molecule has 0 radical (unpaired) electrons. The molecule has 0 amide bonds. The molecular formula is C13H17NO3. The van der Waals surface area contributed by atoms with Crippen LogP contribution in [0.15, 0.2) is 20.3 Å². The van der Waals surface area contributed by atoms with Crippen molar-refractivity contribution in [3.63, 3.8) is 0 Å². The first kappa shape index (κ1) is 11.9. The Morgan fingerprint density at radius 3 is 3.00 bits per heavy atom. The Morgan fingerprint density at radius 2 is 2.29 bits per heavy atom. The molecule has 0 aromatic carbocycles. The lowest BCUT2D eigenvalue weighted by molar-refractivity contribution is 0.328. The number of fused-ring (bicyclic) bond motifs is 1. The summed E-state index contributed by atoms with van der Waals surface area (Å²) in [6.45, 7) is 5.04. The summed E-state index contributed by atoms with van der Waals surface area (Å²) in [6.07, 6.45) is 3.02. The van der Waals surface area contributed by atoms with Crippen molar-refractivity contribution in [2.75, 3.05) is 6.61 Å². The largest absolute Gasteiger partial charge is 0.478 e. The van der Waals surface area contributed by atoms with Gasteiger partial charge in [-0.3, -0.25) is 0 Å². The van der Waals surface area contributed by atoms with Crippen LogP contribution in [0.5, 0.6) is 0 Å². The molecule has 2 heterocycles. The standard InChI is InChI=1S/C13H17NO3/c1-3-5-6-9-7-11(15)17-10-8-14-13(12(9)10)16-4-2/h7H,3-6,8H2,1-2H3. The number of hydrogen-bond acceptors (Lipinski definition) is 4. The molecule has 92 valence electrons. The molecule has 0 bridgehead atoms. The van der Waals surface area contributed by atoms with Crippen molar-refractivity contribution in [2.24, 2.45) is 4.99 Å². The van der Waals surface area contributed by atoms with Crippen LogP contribution in [-0.2, 0) is 17.7 Å². The van der Waals surface area contributed by atoms with E-state index in [-0.39, 0.29) is 5.63 Å². The van der Waals surface area contributed by atoms with Crippen LogP contribution in [0.25, 0.3) is 0 Å². The lowest BCUT2D eigenvalue weighted by Crippen LogP contribution is -2.12. The monoisotopic (exact) mass is 235 g/mol. The first-order chi connectivity index (χ1) is 8.26. The van der Waals surface area contributed by atoms with E-state index in [0.717, 1.165) is 30.4 Å². The van der Waals surface area contributed by atoms with Crippen molar-refractivity contribution < 1.29 is 9.15 Å². The highest BCUT2D eigenvalue weighted by molar-refractivity contribution is 5.98. The average molecular weight is 235 g/mol. The van der Waals surface area contributed by atoms with Gasteiger partial charge in [0.15, 0.2) is 0 Å². The zero-order valence-electron chi connectivity index (χ0n) is 10.3. The van der Waals surface area contributed by atoms with Crippen molar-refractivity contribution in [1.29, 1.82) is 0 Å². The van der Waals surface area contributed by atoms with E-state index in [0.29, 0.717) is 24.8 Å². The van der Waals surface area contributed by atoms with Gasteiger partial charge in [0, 0.05) is 6.07 Å². The summed E-state index contributed by atoms with van der Waals surface area (Å²) in [4.78, 5) is 15.7. The van der Waals surface area contributed by atoms with Gasteiger partial charge in [0.1, 0.15) is 12.3 Å². The van der Waals surface area contributed by atoms with Crippen molar-refractivity contribution in [3.05, 3.63) is 33.4 Å². The molecular weight excluding hydrogens is 218 g/mol. The molecule has 4 nitrogen and oxygen atoms in total. The van der Waals surface area contributed by atoms with Crippen LogP contribution < -0.4 is 5.63 Å². The average Bonchev–Trinajstić information content (AvgIpc) is 2.69. The van der Waals surface area contributed by atoms with E-state index in [4.69, 9.17) is 9.15 Å². The molecule has 1 aliphatic rings. The number of aliphatic imine (C=N–C) groups is 1. The van der Waals surface area contributed by atoms with Crippen LogP contribution in [0.3, 0.4) is 0 Å². The second kappa shape index (κ2) is 5.17. The number of rotatable bonds is 4. The van der Waals surface area contributed by atoms with Gasteiger partial charge in [-0.15, -0.1) is 0 Å². The maximum atomic E-state index is 11.4. The highest BCUT2D eigenvalue weighted by atomic mass is 16.5. The minimum atomic E-state index is -0.289. The van der Waals surface area contributed by atoms with Gasteiger partial charge < -0.3 is 9.15 Å². The normalized spacial score (nSPS) is 13.4. The Hall–Kier alpha value is -1.58. The molecule has 0 saturated carbocycles. The predicted octanol–water partition coefficient (Wildman–Crippen LogP) is 2.28. The van der Waals surface area contributed by atoms with Crippen molar-refractivity contribution >= 4 is 5.90 Å². The van der Waals surface area contributed by atoms with E-state index < -0.39 is 0 Å². The molecule has 17 heavy (non-hydrogen) atoms. The van der Waals surface area contributed by atoms with Gasteiger partial charge in [0.25, 0.3) is 0 Å². The Bertz CT molecular complexity index is 488. The SMILES string of the molecule is CCCCc1cc(=O)oc2c1C(OCC)=NC2. The quantitative estimate of drug-likeness (QED) is 0.804. The van der Waals surface area contributed by atoms with Gasteiger partial charge >= 0.3 is 5.63 Å². The lowest BCUT2D eigenvalue weighted by Gasteiger charge is -2.08. The Kier molecular flexibility index (Phi) is 3.61. The zero-order valence-corrected chi connectivity index (χ0v) is 10.3. The minimum Gasteiger partial charge on any atom is -0.478 e. The maximum Gasteiger partial charge on any atom is 0.336 e. The third-order valence-electron chi connectivity index (χ3n) is 2.78. The summed E-state index contributed by atoms with van der Waals surface area (Å²) < 4.78 is 10.6. The summed E-state index contributed by atoms with van der Waals surface area (Å²) in [5.41, 5.74) is 1.62. The van der Waals surface area contributed by atoms with E-state index in [9.17, 15) is 4.79 Å². The van der Waals surface area contributed by atoms with Gasteiger partial charge in [-0.2, -0.15) is 0 Å². The predicted molar refractivity (Wildman–Crippen MR) is 65.5 cm³/mol. The molecule has 0 unspecified atom stereocenters. The Balaban J connectivity index is 2.38. The molecule has 1 aliphatic heterocycles. The van der Waals surface area contributed by atoms with Gasteiger partial charge in [-0.05, 0) is 25.3 Å². The summed E-state index contributed by atoms with van der Waals surface area (Å²) in [5.74, 6) is 1.27. The number of nitrogens with zero attached hydrogens (tertiary/aromatic N) is 1. The number of hydrogen-bond donors (Lipinski definition) is 0. The van der Waals surface area contributed by atoms with Crippen LogP contribution >= 0.6 is 0 Å².